The lowest BCUT2D eigenvalue weighted by Crippen LogP contribution is -2.52. The number of aromatic amines is 2. The second-order valence-electron chi connectivity index (χ2n) is 11.4. The smallest absolute Gasteiger partial charge is 0.407 e. The fourth-order valence-corrected chi connectivity index (χ4v) is 5.41. The van der Waals surface area contributed by atoms with E-state index >= 15 is 0 Å². The Morgan fingerprint density at radius 1 is 1.05 bits per heavy atom. The van der Waals surface area contributed by atoms with Crippen molar-refractivity contribution >= 4 is 50.6 Å². The van der Waals surface area contributed by atoms with Crippen molar-refractivity contribution in [2.24, 2.45) is 17.6 Å². The number of benzene rings is 2. The number of primary amides is 1. The molecule has 4 rings (SSSR count). The van der Waals surface area contributed by atoms with Gasteiger partial charge in [-0.1, -0.05) is 28.1 Å². The molecule has 1 heterocycles. The highest BCUT2D eigenvalue weighted by Gasteiger charge is 2.36. The summed E-state index contributed by atoms with van der Waals surface area (Å²) in [6.07, 6.45) is 2.51. The number of hydrogen-bond donors (Lipinski definition) is 4. The maximum atomic E-state index is 14.1. The van der Waals surface area contributed by atoms with E-state index in [9.17, 15) is 19.2 Å². The average molecular weight is 615 g/mol. The summed E-state index contributed by atoms with van der Waals surface area (Å²) in [5, 5.41) is 2.83. The number of amides is 3. The standard InChI is InChI=1S/C29H36BrN5O5/c1-29(2,3)40-28(39)32-16-18-4-8-19(9-5-18)26(37)35(21-12-13-22-23(15-21)34-27(38)33-22)24(25(31)36)14-17-6-10-20(30)11-7-17/h6-7,10-13,15,18-19,24H,4-5,8-9,14,16H2,1-3H3,(H2,31,36)(H,32,39)(H2,33,34,38)/t18?,19?,24-/m0/s1. The van der Waals surface area contributed by atoms with E-state index in [-0.39, 0.29) is 29.9 Å². The SMILES string of the molecule is CC(C)(C)OC(=O)NCC1CCC(C(=O)N(c2ccc3[nH]c(=O)[nH]c3c2)[C@@H](Cc2ccc(Br)cc2)C(N)=O)CC1. The van der Waals surface area contributed by atoms with Gasteiger partial charge in [-0.05, 0) is 88.3 Å². The Labute approximate surface area is 241 Å². The summed E-state index contributed by atoms with van der Waals surface area (Å²) in [4.78, 5) is 57.8. The number of nitrogens with zero attached hydrogens (tertiary/aromatic N) is 1. The van der Waals surface area contributed by atoms with Crippen molar-refractivity contribution in [3.05, 3.63) is 63.0 Å². The maximum Gasteiger partial charge on any atom is 0.407 e. The number of fused-ring (bicyclic) bond motifs is 1. The second kappa shape index (κ2) is 12.3. The topological polar surface area (TPSA) is 150 Å². The molecule has 2 aromatic carbocycles. The molecule has 1 fully saturated rings. The van der Waals surface area contributed by atoms with Crippen LogP contribution in [0.15, 0.2) is 51.7 Å². The van der Waals surface area contributed by atoms with Gasteiger partial charge >= 0.3 is 11.8 Å². The van der Waals surface area contributed by atoms with Gasteiger partial charge in [0.1, 0.15) is 11.6 Å². The van der Waals surface area contributed by atoms with Crippen LogP contribution in [0.3, 0.4) is 0 Å². The predicted molar refractivity (Wildman–Crippen MR) is 157 cm³/mol. The lowest BCUT2D eigenvalue weighted by molar-refractivity contribution is -0.127. The number of ether oxygens (including phenoxy) is 1. The molecule has 0 radical (unpaired) electrons. The van der Waals surface area contributed by atoms with Gasteiger partial charge in [0, 0.05) is 29.0 Å². The van der Waals surface area contributed by atoms with Crippen LogP contribution < -0.4 is 21.6 Å². The van der Waals surface area contributed by atoms with Crippen molar-refractivity contribution in [3.8, 4) is 0 Å². The van der Waals surface area contributed by atoms with Gasteiger partial charge in [0.2, 0.25) is 11.8 Å². The zero-order valence-electron chi connectivity index (χ0n) is 23.0. The lowest BCUT2D eigenvalue weighted by Gasteiger charge is -2.35. The van der Waals surface area contributed by atoms with E-state index < -0.39 is 23.6 Å². The molecule has 40 heavy (non-hydrogen) atoms. The van der Waals surface area contributed by atoms with Crippen LogP contribution in [0.2, 0.25) is 0 Å². The zero-order chi connectivity index (χ0) is 29.0. The molecule has 0 bridgehead atoms. The van der Waals surface area contributed by atoms with Crippen molar-refractivity contribution in [3.63, 3.8) is 0 Å². The minimum atomic E-state index is -0.927. The van der Waals surface area contributed by atoms with Crippen LogP contribution in [0.1, 0.15) is 52.0 Å². The second-order valence-corrected chi connectivity index (χ2v) is 12.3. The van der Waals surface area contributed by atoms with Gasteiger partial charge in [0.15, 0.2) is 0 Å². The maximum absolute atomic E-state index is 14.1. The molecule has 11 heteroatoms. The fraction of sp³-hybridized carbons (Fsp3) is 0.448. The summed E-state index contributed by atoms with van der Waals surface area (Å²) in [5.41, 5.74) is 7.47. The average Bonchev–Trinajstić information content (AvgIpc) is 3.26. The van der Waals surface area contributed by atoms with E-state index in [1.165, 1.54) is 4.90 Å². The van der Waals surface area contributed by atoms with E-state index in [2.05, 4.69) is 31.2 Å². The van der Waals surface area contributed by atoms with Crippen LogP contribution in [-0.4, -0.2) is 46.1 Å². The number of hydrogen-bond acceptors (Lipinski definition) is 5. The molecule has 0 saturated heterocycles. The highest BCUT2D eigenvalue weighted by Crippen LogP contribution is 2.33. The molecule has 5 N–H and O–H groups in total. The number of rotatable bonds is 8. The molecule has 1 aliphatic rings. The normalized spacial score (nSPS) is 18.2. The van der Waals surface area contributed by atoms with Gasteiger partial charge < -0.3 is 25.8 Å². The van der Waals surface area contributed by atoms with Crippen LogP contribution in [-0.2, 0) is 20.7 Å². The summed E-state index contributed by atoms with van der Waals surface area (Å²) in [6, 6.07) is 11.7. The molecule has 0 unspecified atom stereocenters. The first-order valence-corrected chi connectivity index (χ1v) is 14.2. The molecule has 0 spiro atoms. The number of carbonyl (C=O) groups is 3. The summed E-state index contributed by atoms with van der Waals surface area (Å²) >= 11 is 3.42. The molecular formula is C29H36BrN5O5. The molecule has 1 aromatic heterocycles. The van der Waals surface area contributed by atoms with E-state index in [0.29, 0.717) is 36.1 Å². The number of aromatic nitrogens is 2. The predicted octanol–water partition coefficient (Wildman–Crippen LogP) is 4.38. The number of nitrogens with two attached hydrogens (primary N) is 1. The van der Waals surface area contributed by atoms with Crippen LogP contribution in [0, 0.1) is 11.8 Å². The van der Waals surface area contributed by atoms with Crippen molar-refractivity contribution < 1.29 is 19.1 Å². The van der Waals surface area contributed by atoms with Gasteiger partial charge in [-0.15, -0.1) is 0 Å². The number of alkyl carbamates (subject to hydrolysis) is 1. The third-order valence-corrected chi connectivity index (χ3v) is 7.66. The minimum Gasteiger partial charge on any atom is -0.444 e. The number of halogens is 1. The number of carbonyl (C=O) groups excluding carboxylic acids is 3. The van der Waals surface area contributed by atoms with E-state index in [1.54, 1.807) is 18.2 Å². The first-order chi connectivity index (χ1) is 18.9. The molecular weight excluding hydrogens is 578 g/mol. The molecule has 10 nitrogen and oxygen atoms in total. The van der Waals surface area contributed by atoms with Crippen LogP contribution in [0.25, 0.3) is 11.0 Å². The largest absolute Gasteiger partial charge is 0.444 e. The van der Waals surface area contributed by atoms with Gasteiger partial charge in [0.05, 0.1) is 11.0 Å². The van der Waals surface area contributed by atoms with Crippen molar-refractivity contribution in [1.82, 2.24) is 15.3 Å². The summed E-state index contributed by atoms with van der Waals surface area (Å²) in [7, 11) is 0. The third kappa shape index (κ3) is 7.53. The van der Waals surface area contributed by atoms with Crippen LogP contribution in [0.4, 0.5) is 10.5 Å². The quantitative estimate of drug-likeness (QED) is 0.297. The Balaban J connectivity index is 1.54. The van der Waals surface area contributed by atoms with Gasteiger partial charge in [-0.2, -0.15) is 0 Å². The van der Waals surface area contributed by atoms with Gasteiger partial charge in [-0.25, -0.2) is 9.59 Å². The van der Waals surface area contributed by atoms with Gasteiger partial charge in [0.25, 0.3) is 0 Å². The Kier molecular flexibility index (Phi) is 9.02. The Morgan fingerprint density at radius 3 is 2.33 bits per heavy atom. The number of imidazole rings is 1. The summed E-state index contributed by atoms with van der Waals surface area (Å²) < 4.78 is 6.23. The molecule has 3 aromatic rings. The number of nitrogens with one attached hydrogen (secondary N) is 3. The number of anilines is 1. The Hall–Kier alpha value is -3.60. The van der Waals surface area contributed by atoms with Crippen molar-refractivity contribution in [2.45, 2.75) is 64.5 Å². The van der Waals surface area contributed by atoms with Crippen molar-refractivity contribution in [1.29, 1.82) is 0 Å². The third-order valence-electron chi connectivity index (χ3n) is 7.13. The molecule has 1 atom stereocenters. The summed E-state index contributed by atoms with van der Waals surface area (Å²) in [5.74, 6) is -0.891. The Morgan fingerprint density at radius 2 is 1.70 bits per heavy atom. The molecule has 1 aliphatic carbocycles. The van der Waals surface area contributed by atoms with Crippen molar-refractivity contribution in [2.75, 3.05) is 11.4 Å². The van der Waals surface area contributed by atoms with Crippen LogP contribution in [0.5, 0.6) is 0 Å². The van der Waals surface area contributed by atoms with E-state index in [4.69, 9.17) is 10.5 Å². The first-order valence-electron chi connectivity index (χ1n) is 13.5. The Bertz CT molecular complexity index is 1420. The zero-order valence-corrected chi connectivity index (χ0v) is 24.5. The molecule has 0 aliphatic heterocycles. The highest BCUT2D eigenvalue weighted by molar-refractivity contribution is 9.10. The van der Waals surface area contributed by atoms with E-state index in [1.807, 2.05) is 45.0 Å². The first kappa shape index (κ1) is 29.4. The molecule has 1 saturated carbocycles. The molecule has 214 valence electrons. The van der Waals surface area contributed by atoms with Gasteiger partial charge in [-0.3, -0.25) is 14.5 Å². The molecule has 3 amide bonds. The minimum absolute atomic E-state index is 0.184. The highest BCUT2D eigenvalue weighted by atomic mass is 79.9. The van der Waals surface area contributed by atoms with E-state index in [0.717, 1.165) is 22.9 Å². The lowest BCUT2D eigenvalue weighted by atomic mass is 9.81. The number of H-pyrrole nitrogens is 2. The monoisotopic (exact) mass is 613 g/mol. The van der Waals surface area contributed by atoms with Crippen LogP contribution >= 0.6 is 15.9 Å². The fourth-order valence-electron chi connectivity index (χ4n) is 5.15. The summed E-state index contributed by atoms with van der Waals surface area (Å²) in [6.45, 7) is 5.93.